The Bertz CT molecular complexity index is 234. The molecule has 3 nitrogen and oxygen atoms in total. The molecule has 0 amide bonds. The van der Waals surface area contributed by atoms with E-state index in [0.717, 1.165) is 18.9 Å². The van der Waals surface area contributed by atoms with Gasteiger partial charge in [-0.3, -0.25) is 4.79 Å². The lowest BCUT2D eigenvalue weighted by Crippen LogP contribution is -2.35. The SMILES string of the molecule is CC(C1CC1)N(C)CCC(C)(C)C(=O)O. The van der Waals surface area contributed by atoms with Crippen LogP contribution in [-0.4, -0.2) is 35.6 Å². The Kier molecular flexibility index (Phi) is 3.77. The van der Waals surface area contributed by atoms with E-state index in [1.165, 1.54) is 12.8 Å². The van der Waals surface area contributed by atoms with Crippen molar-refractivity contribution >= 4 is 5.97 Å². The Hall–Kier alpha value is -0.570. The summed E-state index contributed by atoms with van der Waals surface area (Å²) in [5, 5.41) is 9.00. The van der Waals surface area contributed by atoms with Crippen LogP contribution < -0.4 is 0 Å². The number of carbonyl (C=O) groups is 1. The van der Waals surface area contributed by atoms with E-state index in [4.69, 9.17) is 5.11 Å². The molecule has 1 unspecified atom stereocenters. The van der Waals surface area contributed by atoms with Gasteiger partial charge in [-0.2, -0.15) is 0 Å². The molecule has 88 valence electrons. The second-order valence-corrected chi connectivity index (χ2v) is 5.50. The zero-order valence-electron chi connectivity index (χ0n) is 10.3. The second-order valence-electron chi connectivity index (χ2n) is 5.50. The van der Waals surface area contributed by atoms with Gasteiger partial charge in [-0.25, -0.2) is 0 Å². The second kappa shape index (κ2) is 4.52. The first-order chi connectivity index (χ1) is 6.84. The smallest absolute Gasteiger partial charge is 0.309 e. The van der Waals surface area contributed by atoms with Gasteiger partial charge in [-0.05, 0) is 59.5 Å². The van der Waals surface area contributed by atoms with Gasteiger partial charge in [-0.15, -0.1) is 0 Å². The number of rotatable bonds is 6. The molecule has 1 saturated carbocycles. The maximum Gasteiger partial charge on any atom is 0.309 e. The Balaban J connectivity index is 2.32. The first-order valence-electron chi connectivity index (χ1n) is 5.78. The Morgan fingerprint density at radius 1 is 1.53 bits per heavy atom. The van der Waals surface area contributed by atoms with Crippen LogP contribution in [0.1, 0.15) is 40.0 Å². The topological polar surface area (TPSA) is 40.5 Å². The van der Waals surface area contributed by atoms with Gasteiger partial charge in [0, 0.05) is 6.04 Å². The van der Waals surface area contributed by atoms with E-state index in [-0.39, 0.29) is 0 Å². The van der Waals surface area contributed by atoms with Crippen molar-refractivity contribution in [3.63, 3.8) is 0 Å². The lowest BCUT2D eigenvalue weighted by molar-refractivity contribution is -0.147. The average Bonchev–Trinajstić information content (AvgIpc) is 2.96. The number of hydrogen-bond acceptors (Lipinski definition) is 2. The third-order valence-corrected chi connectivity index (χ3v) is 3.67. The molecule has 1 aliphatic carbocycles. The summed E-state index contributed by atoms with van der Waals surface area (Å²) in [6, 6.07) is 0.606. The van der Waals surface area contributed by atoms with Gasteiger partial charge >= 0.3 is 5.97 Å². The third kappa shape index (κ3) is 3.49. The molecule has 1 N–H and O–H groups in total. The molecule has 15 heavy (non-hydrogen) atoms. The normalized spacial score (nSPS) is 19.3. The summed E-state index contributed by atoms with van der Waals surface area (Å²) in [5.74, 6) is 0.151. The van der Waals surface area contributed by atoms with E-state index in [2.05, 4.69) is 18.9 Å². The van der Waals surface area contributed by atoms with Gasteiger partial charge in [0.25, 0.3) is 0 Å². The molecule has 1 atom stereocenters. The Morgan fingerprint density at radius 3 is 2.47 bits per heavy atom. The summed E-state index contributed by atoms with van der Waals surface area (Å²) < 4.78 is 0. The first-order valence-corrected chi connectivity index (χ1v) is 5.78. The minimum atomic E-state index is -0.699. The van der Waals surface area contributed by atoms with Gasteiger partial charge in [-0.1, -0.05) is 0 Å². The summed E-state index contributed by atoms with van der Waals surface area (Å²) in [6.45, 7) is 6.71. The highest BCUT2D eigenvalue weighted by Crippen LogP contribution is 2.35. The molecule has 0 aromatic rings. The molecular formula is C12H23NO2. The minimum absolute atomic E-state index is 0.600. The van der Waals surface area contributed by atoms with Crippen LogP contribution in [0, 0.1) is 11.3 Å². The van der Waals surface area contributed by atoms with Crippen LogP contribution in [0.25, 0.3) is 0 Å². The van der Waals surface area contributed by atoms with Gasteiger partial charge in [0.15, 0.2) is 0 Å². The fourth-order valence-electron chi connectivity index (χ4n) is 1.70. The zero-order valence-corrected chi connectivity index (χ0v) is 10.3. The standard InChI is InChI=1S/C12H23NO2/c1-9(10-5-6-10)13(4)8-7-12(2,3)11(14)15/h9-10H,5-8H2,1-4H3,(H,14,15). The number of hydrogen-bond donors (Lipinski definition) is 1. The van der Waals surface area contributed by atoms with Gasteiger partial charge in [0.05, 0.1) is 5.41 Å². The molecule has 0 radical (unpaired) electrons. The molecule has 0 heterocycles. The summed E-state index contributed by atoms with van der Waals surface area (Å²) in [7, 11) is 2.10. The van der Waals surface area contributed by atoms with E-state index in [1.54, 1.807) is 13.8 Å². The van der Waals surface area contributed by atoms with Crippen LogP contribution in [0.4, 0.5) is 0 Å². The Labute approximate surface area is 92.5 Å². The zero-order chi connectivity index (χ0) is 11.6. The number of carboxylic acids is 1. The van der Waals surface area contributed by atoms with E-state index in [1.807, 2.05) is 0 Å². The average molecular weight is 213 g/mol. The molecule has 0 bridgehead atoms. The van der Waals surface area contributed by atoms with E-state index in [0.29, 0.717) is 6.04 Å². The van der Waals surface area contributed by atoms with Gasteiger partial charge in [0.1, 0.15) is 0 Å². The molecule has 1 fully saturated rings. The molecule has 0 aliphatic heterocycles. The highest BCUT2D eigenvalue weighted by molar-refractivity contribution is 5.73. The molecule has 1 aliphatic rings. The first kappa shape index (κ1) is 12.5. The van der Waals surface area contributed by atoms with Crippen molar-refractivity contribution in [3.05, 3.63) is 0 Å². The van der Waals surface area contributed by atoms with Gasteiger partial charge < -0.3 is 10.0 Å². The molecular weight excluding hydrogens is 190 g/mol. The van der Waals surface area contributed by atoms with E-state index in [9.17, 15) is 4.79 Å². The van der Waals surface area contributed by atoms with Crippen molar-refractivity contribution in [1.82, 2.24) is 4.90 Å². The van der Waals surface area contributed by atoms with Crippen molar-refractivity contribution in [2.24, 2.45) is 11.3 Å². The lowest BCUT2D eigenvalue weighted by atomic mass is 9.89. The lowest BCUT2D eigenvalue weighted by Gasteiger charge is -2.28. The van der Waals surface area contributed by atoms with Crippen LogP contribution in [0.2, 0.25) is 0 Å². The molecule has 0 aromatic heterocycles. The predicted molar refractivity (Wildman–Crippen MR) is 60.8 cm³/mol. The highest BCUT2D eigenvalue weighted by atomic mass is 16.4. The summed E-state index contributed by atoms with van der Waals surface area (Å²) >= 11 is 0. The predicted octanol–water partition coefficient (Wildman–Crippen LogP) is 2.22. The van der Waals surface area contributed by atoms with Crippen molar-refractivity contribution in [2.75, 3.05) is 13.6 Å². The Morgan fingerprint density at radius 2 is 2.07 bits per heavy atom. The van der Waals surface area contributed by atoms with Crippen LogP contribution in [-0.2, 0) is 4.79 Å². The van der Waals surface area contributed by atoms with Crippen molar-refractivity contribution in [3.8, 4) is 0 Å². The number of carboxylic acid groups (broad SMARTS) is 1. The van der Waals surface area contributed by atoms with Crippen molar-refractivity contribution in [1.29, 1.82) is 0 Å². The van der Waals surface area contributed by atoms with Crippen LogP contribution in [0.3, 0.4) is 0 Å². The minimum Gasteiger partial charge on any atom is -0.481 e. The van der Waals surface area contributed by atoms with Crippen molar-refractivity contribution < 1.29 is 9.90 Å². The summed E-state index contributed by atoms with van der Waals surface area (Å²) in [4.78, 5) is 13.2. The molecule has 1 rings (SSSR count). The largest absolute Gasteiger partial charge is 0.481 e. The van der Waals surface area contributed by atoms with E-state index < -0.39 is 11.4 Å². The quantitative estimate of drug-likeness (QED) is 0.735. The molecule has 3 heteroatoms. The highest BCUT2D eigenvalue weighted by Gasteiger charge is 2.32. The molecule has 0 saturated heterocycles. The van der Waals surface area contributed by atoms with Crippen LogP contribution in [0.5, 0.6) is 0 Å². The summed E-state index contributed by atoms with van der Waals surface area (Å²) in [5.41, 5.74) is -0.600. The fraction of sp³-hybridized carbons (Fsp3) is 0.917. The molecule has 0 spiro atoms. The van der Waals surface area contributed by atoms with Crippen molar-refractivity contribution in [2.45, 2.75) is 46.1 Å². The number of nitrogens with zero attached hydrogens (tertiary/aromatic N) is 1. The van der Waals surface area contributed by atoms with Crippen LogP contribution in [0.15, 0.2) is 0 Å². The summed E-state index contributed by atoms with van der Waals surface area (Å²) in [6.07, 6.45) is 3.40. The number of aliphatic carboxylic acids is 1. The molecule has 0 aromatic carbocycles. The monoisotopic (exact) mass is 213 g/mol. The maximum absolute atomic E-state index is 10.9. The van der Waals surface area contributed by atoms with Crippen LogP contribution >= 0.6 is 0 Å². The maximum atomic E-state index is 10.9. The van der Waals surface area contributed by atoms with E-state index >= 15 is 0 Å². The van der Waals surface area contributed by atoms with Gasteiger partial charge in [0.2, 0.25) is 0 Å². The fourth-order valence-corrected chi connectivity index (χ4v) is 1.70. The third-order valence-electron chi connectivity index (χ3n) is 3.67.